The molecule has 0 N–H and O–H groups in total. The van der Waals surface area contributed by atoms with Gasteiger partial charge in [-0.2, -0.15) is 0 Å². The highest BCUT2D eigenvalue weighted by Gasteiger charge is 2.20. The summed E-state index contributed by atoms with van der Waals surface area (Å²) < 4.78 is 26.5. The van der Waals surface area contributed by atoms with Crippen molar-refractivity contribution in [2.75, 3.05) is 25.0 Å². The number of amides is 1. The number of rotatable bonds is 6. The Balaban J connectivity index is 2.09. The van der Waals surface area contributed by atoms with E-state index in [1.807, 2.05) is 44.2 Å². The molecule has 3 nitrogen and oxygen atoms in total. The molecule has 2 aromatic rings. The van der Waals surface area contributed by atoms with Crippen LogP contribution in [0.25, 0.3) is 0 Å². The lowest BCUT2D eigenvalue weighted by Crippen LogP contribution is -2.39. The van der Waals surface area contributed by atoms with Crippen LogP contribution in [0.5, 0.6) is 0 Å². The monoisotopic (exact) mass is 332 g/mol. The maximum Gasteiger partial charge on any atom is 0.242 e. The number of hydrogen-bond donors (Lipinski definition) is 0. The molecule has 0 aromatic heterocycles. The van der Waals surface area contributed by atoms with Crippen molar-refractivity contribution < 1.29 is 13.6 Å². The van der Waals surface area contributed by atoms with E-state index in [4.69, 9.17) is 0 Å². The lowest BCUT2D eigenvalue weighted by molar-refractivity contribution is -0.130. The highest BCUT2D eigenvalue weighted by atomic mass is 19.2. The zero-order chi connectivity index (χ0) is 17.7. The Morgan fingerprint density at radius 2 is 1.75 bits per heavy atom. The number of hydrogen-bond acceptors (Lipinski definition) is 2. The Morgan fingerprint density at radius 3 is 2.33 bits per heavy atom. The van der Waals surface area contributed by atoms with Gasteiger partial charge in [-0.15, -0.1) is 0 Å². The van der Waals surface area contributed by atoms with Gasteiger partial charge in [-0.05, 0) is 31.5 Å². The van der Waals surface area contributed by atoms with Gasteiger partial charge in [0.05, 0.1) is 12.6 Å². The van der Waals surface area contributed by atoms with Crippen molar-refractivity contribution in [2.24, 2.45) is 0 Å². The van der Waals surface area contributed by atoms with E-state index in [1.165, 1.54) is 6.07 Å². The van der Waals surface area contributed by atoms with Crippen molar-refractivity contribution in [1.82, 2.24) is 4.90 Å². The number of nitrogens with zero attached hydrogens (tertiary/aromatic N) is 2. The van der Waals surface area contributed by atoms with Gasteiger partial charge in [0.15, 0.2) is 11.6 Å². The molecule has 0 fully saturated rings. The van der Waals surface area contributed by atoms with Gasteiger partial charge in [0.1, 0.15) is 0 Å². The summed E-state index contributed by atoms with van der Waals surface area (Å²) in [6.45, 7) is 4.45. The molecule has 1 amide bonds. The molecule has 0 spiro atoms. The van der Waals surface area contributed by atoms with Crippen LogP contribution in [0.15, 0.2) is 48.5 Å². The van der Waals surface area contributed by atoms with Gasteiger partial charge in [0.2, 0.25) is 5.91 Å². The second-order valence-electron chi connectivity index (χ2n) is 5.70. The van der Waals surface area contributed by atoms with Gasteiger partial charge < -0.3 is 9.80 Å². The summed E-state index contributed by atoms with van der Waals surface area (Å²) in [7, 11) is 1.75. The van der Waals surface area contributed by atoms with Crippen LogP contribution in [0, 0.1) is 11.6 Å². The topological polar surface area (TPSA) is 23.6 Å². The van der Waals surface area contributed by atoms with E-state index in [1.54, 1.807) is 16.8 Å². The van der Waals surface area contributed by atoms with E-state index in [0.29, 0.717) is 12.2 Å². The minimum absolute atomic E-state index is 0.0673. The zero-order valence-electron chi connectivity index (χ0n) is 14.2. The minimum atomic E-state index is -0.913. The van der Waals surface area contributed by atoms with Crippen molar-refractivity contribution in [1.29, 1.82) is 0 Å². The summed E-state index contributed by atoms with van der Waals surface area (Å²) in [6, 6.07) is 13.4. The van der Waals surface area contributed by atoms with E-state index in [-0.39, 0.29) is 18.5 Å². The lowest BCUT2D eigenvalue weighted by atomic mass is 10.1. The third-order valence-electron chi connectivity index (χ3n) is 4.23. The van der Waals surface area contributed by atoms with Gasteiger partial charge in [-0.3, -0.25) is 4.79 Å². The van der Waals surface area contributed by atoms with Crippen LogP contribution in [0.2, 0.25) is 0 Å². The van der Waals surface area contributed by atoms with Crippen LogP contribution in [0.4, 0.5) is 14.5 Å². The first-order chi connectivity index (χ1) is 11.4. The largest absolute Gasteiger partial charge is 0.362 e. The molecule has 0 bridgehead atoms. The van der Waals surface area contributed by atoms with Crippen molar-refractivity contribution >= 4 is 11.6 Å². The number of anilines is 1. The molecule has 0 aliphatic rings. The van der Waals surface area contributed by atoms with E-state index in [0.717, 1.165) is 17.7 Å². The third kappa shape index (κ3) is 4.10. The fraction of sp³-hybridized carbons (Fsp3) is 0.316. The normalized spacial score (nSPS) is 11.9. The van der Waals surface area contributed by atoms with Gasteiger partial charge in [0, 0.05) is 25.3 Å². The molecule has 128 valence electrons. The minimum Gasteiger partial charge on any atom is -0.362 e. The number of carbonyl (C=O) groups excluding carboxylic acids is 1. The predicted molar refractivity (Wildman–Crippen MR) is 91.9 cm³/mol. The smallest absolute Gasteiger partial charge is 0.242 e. The first kappa shape index (κ1) is 17.9. The van der Waals surface area contributed by atoms with Crippen molar-refractivity contribution in [3.63, 3.8) is 0 Å². The molecule has 1 unspecified atom stereocenters. The van der Waals surface area contributed by atoms with Crippen molar-refractivity contribution in [3.8, 4) is 0 Å². The summed E-state index contributed by atoms with van der Waals surface area (Å²) in [5.74, 6) is -1.89. The van der Waals surface area contributed by atoms with Gasteiger partial charge >= 0.3 is 0 Å². The highest BCUT2D eigenvalue weighted by Crippen LogP contribution is 2.21. The molecule has 24 heavy (non-hydrogen) atoms. The Bertz CT molecular complexity index is 691. The average molecular weight is 332 g/mol. The number of halogens is 2. The Morgan fingerprint density at radius 1 is 1.08 bits per heavy atom. The van der Waals surface area contributed by atoms with Crippen molar-refractivity contribution in [2.45, 2.75) is 19.9 Å². The van der Waals surface area contributed by atoms with Crippen LogP contribution in [0.1, 0.15) is 25.5 Å². The van der Waals surface area contributed by atoms with Crippen LogP contribution in [-0.4, -0.2) is 30.9 Å². The summed E-state index contributed by atoms with van der Waals surface area (Å²) in [4.78, 5) is 16.0. The molecule has 2 aromatic carbocycles. The molecule has 5 heteroatoms. The molecule has 0 aliphatic heterocycles. The van der Waals surface area contributed by atoms with E-state index < -0.39 is 11.6 Å². The molecular weight excluding hydrogens is 310 g/mol. The number of likely N-dealkylation sites (N-methyl/N-ethyl adjacent to an activating group) is 2. The maximum atomic E-state index is 13.4. The number of carbonyl (C=O) groups is 1. The van der Waals surface area contributed by atoms with E-state index in [2.05, 4.69) is 0 Å². The fourth-order valence-electron chi connectivity index (χ4n) is 2.51. The van der Waals surface area contributed by atoms with Crippen LogP contribution in [0.3, 0.4) is 0 Å². The molecule has 0 saturated carbocycles. The molecule has 0 saturated heterocycles. The van der Waals surface area contributed by atoms with Crippen molar-refractivity contribution in [3.05, 3.63) is 65.7 Å². The van der Waals surface area contributed by atoms with Gasteiger partial charge in [-0.25, -0.2) is 8.78 Å². The molecule has 0 heterocycles. The van der Waals surface area contributed by atoms with E-state index >= 15 is 0 Å². The molecular formula is C19H22F2N2O. The summed E-state index contributed by atoms with van der Waals surface area (Å²) >= 11 is 0. The maximum absolute atomic E-state index is 13.4. The Kier molecular flexibility index (Phi) is 5.90. The molecule has 2 rings (SSSR count). The second-order valence-corrected chi connectivity index (χ2v) is 5.70. The summed E-state index contributed by atoms with van der Waals surface area (Å²) in [5.41, 5.74) is 1.54. The standard InChI is InChI=1S/C19H22F2N2O/c1-4-23(16-10-11-17(20)18(21)12-16)13-19(24)22(3)14(2)15-8-6-5-7-9-15/h5-12,14H,4,13H2,1-3H3. The first-order valence-electron chi connectivity index (χ1n) is 7.94. The van der Waals surface area contributed by atoms with Crippen LogP contribution >= 0.6 is 0 Å². The zero-order valence-corrected chi connectivity index (χ0v) is 14.2. The predicted octanol–water partition coefficient (Wildman–Crippen LogP) is 4.01. The molecule has 0 aliphatic carbocycles. The number of benzene rings is 2. The van der Waals surface area contributed by atoms with Crippen LogP contribution in [-0.2, 0) is 4.79 Å². The van der Waals surface area contributed by atoms with E-state index in [9.17, 15) is 13.6 Å². The Labute approximate surface area is 141 Å². The quantitative estimate of drug-likeness (QED) is 0.798. The van der Waals surface area contributed by atoms with Gasteiger partial charge in [-0.1, -0.05) is 30.3 Å². The van der Waals surface area contributed by atoms with Crippen LogP contribution < -0.4 is 4.90 Å². The first-order valence-corrected chi connectivity index (χ1v) is 7.94. The average Bonchev–Trinajstić information content (AvgIpc) is 2.61. The van der Waals surface area contributed by atoms with Gasteiger partial charge in [0.25, 0.3) is 0 Å². The highest BCUT2D eigenvalue weighted by molar-refractivity contribution is 5.81. The molecule has 1 atom stereocenters. The lowest BCUT2D eigenvalue weighted by Gasteiger charge is -2.29. The summed E-state index contributed by atoms with van der Waals surface area (Å²) in [5, 5.41) is 0. The Hall–Kier alpha value is -2.43. The SMILES string of the molecule is CCN(CC(=O)N(C)C(C)c1ccccc1)c1ccc(F)c(F)c1. The third-order valence-corrected chi connectivity index (χ3v) is 4.23. The molecule has 0 radical (unpaired) electrons. The summed E-state index contributed by atoms with van der Waals surface area (Å²) in [6.07, 6.45) is 0. The fourth-order valence-corrected chi connectivity index (χ4v) is 2.51. The second kappa shape index (κ2) is 7.90.